The summed E-state index contributed by atoms with van der Waals surface area (Å²) in [5.74, 6) is -0.549. The maximum atomic E-state index is 14.4. The van der Waals surface area contributed by atoms with Gasteiger partial charge in [-0.05, 0) is 49.4 Å². The van der Waals surface area contributed by atoms with Crippen molar-refractivity contribution in [1.82, 2.24) is 29.9 Å². The number of imide groups is 1. The van der Waals surface area contributed by atoms with Crippen LogP contribution in [-0.2, 0) is 11.2 Å². The Balaban J connectivity index is 1.22. The van der Waals surface area contributed by atoms with Gasteiger partial charge in [-0.1, -0.05) is 24.3 Å². The Morgan fingerprint density at radius 1 is 0.957 bits per heavy atom. The summed E-state index contributed by atoms with van der Waals surface area (Å²) in [7, 11) is 1.57. The average molecular weight is 657 g/mol. The lowest BCUT2D eigenvalue weighted by molar-refractivity contribution is -0.126. The summed E-state index contributed by atoms with van der Waals surface area (Å²) in [6.45, 7) is 1.65. The quantitative estimate of drug-likeness (QED) is 0.403. The van der Waals surface area contributed by atoms with E-state index in [0.717, 1.165) is 24.0 Å². The predicted octanol–water partition coefficient (Wildman–Crippen LogP) is 3.35. The van der Waals surface area contributed by atoms with Crippen LogP contribution < -0.4 is 10.1 Å². The molecule has 0 saturated carbocycles. The molecule has 13 heteroatoms. The zero-order chi connectivity index (χ0) is 32.7. The van der Waals surface area contributed by atoms with E-state index in [4.69, 9.17) is 4.74 Å². The number of likely N-dealkylation sites (N-methyl/N-ethyl adjacent to an activating group) is 1. The van der Waals surface area contributed by atoms with Crippen molar-refractivity contribution in [2.24, 2.45) is 0 Å². The molecule has 6 amide bonds. The van der Waals surface area contributed by atoms with Crippen molar-refractivity contribution in [3.8, 4) is 5.75 Å². The van der Waals surface area contributed by atoms with Gasteiger partial charge in [0.1, 0.15) is 22.8 Å². The lowest BCUT2D eigenvalue weighted by Crippen LogP contribution is -2.57. The van der Waals surface area contributed by atoms with Gasteiger partial charge >= 0.3 is 6.03 Å². The monoisotopic (exact) mass is 656 g/mol. The van der Waals surface area contributed by atoms with Crippen molar-refractivity contribution in [2.45, 2.75) is 50.3 Å². The molecular formula is C34H36N6O6S. The maximum Gasteiger partial charge on any atom is 0.321 e. The van der Waals surface area contributed by atoms with Crippen LogP contribution in [0.3, 0.4) is 0 Å². The van der Waals surface area contributed by atoms with Gasteiger partial charge in [-0.25, -0.2) is 4.79 Å². The Morgan fingerprint density at radius 3 is 2.47 bits per heavy atom. The van der Waals surface area contributed by atoms with Crippen molar-refractivity contribution >= 4 is 41.0 Å². The Hall–Kier alpha value is -4.78. The topological polar surface area (TPSA) is 132 Å². The first-order valence-corrected chi connectivity index (χ1v) is 16.9. The highest BCUT2D eigenvalue weighted by Gasteiger charge is 2.44. The SMILES string of the molecule is CNC(=O)[C@@H]1CCCCN1C(=O)N1CCc2cccc(O[C@H]3CCN(C(=O)c4cncs4)C3)c2C1CN1C(=O)c2ccccc2C1=O. The molecule has 1 N–H and O–H groups in total. The molecule has 2 fully saturated rings. The van der Waals surface area contributed by atoms with Crippen molar-refractivity contribution in [3.05, 3.63) is 81.3 Å². The number of carbonyl (C=O) groups excluding carboxylic acids is 5. The normalized spacial score (nSPS) is 22.3. The van der Waals surface area contributed by atoms with Crippen molar-refractivity contribution in [3.63, 3.8) is 0 Å². The summed E-state index contributed by atoms with van der Waals surface area (Å²) in [5, 5.41) is 2.70. The van der Waals surface area contributed by atoms with Crippen LogP contribution in [0, 0.1) is 0 Å². The van der Waals surface area contributed by atoms with E-state index in [0.29, 0.717) is 67.2 Å². The number of thiazole rings is 1. The number of hydrogen-bond acceptors (Lipinski definition) is 8. The Morgan fingerprint density at radius 2 is 1.74 bits per heavy atom. The van der Waals surface area contributed by atoms with Crippen molar-refractivity contribution in [2.75, 3.05) is 39.8 Å². The first-order chi connectivity index (χ1) is 22.9. The minimum absolute atomic E-state index is 0.0649. The number of urea groups is 1. The van der Waals surface area contributed by atoms with Gasteiger partial charge in [0.15, 0.2) is 0 Å². The number of likely N-dealkylation sites (tertiary alicyclic amines) is 2. The predicted molar refractivity (Wildman–Crippen MR) is 172 cm³/mol. The zero-order valence-electron chi connectivity index (χ0n) is 26.1. The number of piperidine rings is 1. The van der Waals surface area contributed by atoms with E-state index >= 15 is 0 Å². The minimum atomic E-state index is -0.715. The second-order valence-electron chi connectivity index (χ2n) is 12.3. The third-order valence-corrected chi connectivity index (χ3v) is 10.4. The summed E-state index contributed by atoms with van der Waals surface area (Å²) >= 11 is 1.30. The number of nitrogens with zero attached hydrogens (tertiary/aromatic N) is 5. The molecule has 0 aliphatic carbocycles. The van der Waals surface area contributed by atoms with E-state index in [9.17, 15) is 24.0 Å². The van der Waals surface area contributed by atoms with Crippen LogP contribution in [0.15, 0.2) is 54.2 Å². The van der Waals surface area contributed by atoms with Crippen LogP contribution in [0.2, 0.25) is 0 Å². The molecule has 12 nitrogen and oxygen atoms in total. The molecule has 2 aromatic carbocycles. The van der Waals surface area contributed by atoms with Gasteiger partial charge in [-0.3, -0.25) is 29.1 Å². The number of aromatic nitrogens is 1. The van der Waals surface area contributed by atoms with Crippen LogP contribution in [0.25, 0.3) is 0 Å². The van der Waals surface area contributed by atoms with E-state index in [2.05, 4.69) is 10.3 Å². The Bertz CT molecular complexity index is 1690. The second kappa shape index (κ2) is 12.8. The number of nitrogens with one attached hydrogen (secondary N) is 1. The molecule has 0 spiro atoms. The molecule has 1 unspecified atom stereocenters. The molecule has 4 aliphatic heterocycles. The van der Waals surface area contributed by atoms with Gasteiger partial charge < -0.3 is 24.8 Å². The van der Waals surface area contributed by atoms with E-state index in [-0.39, 0.29) is 30.5 Å². The third kappa shape index (κ3) is 5.62. The van der Waals surface area contributed by atoms with Gasteiger partial charge in [0.05, 0.1) is 42.0 Å². The first kappa shape index (κ1) is 30.9. The number of carbonyl (C=O) groups is 5. The number of hydrogen-bond donors (Lipinski definition) is 1. The molecule has 0 radical (unpaired) electrons. The number of ether oxygens (including phenoxy) is 1. The molecule has 4 aliphatic rings. The molecule has 1 aromatic heterocycles. The van der Waals surface area contributed by atoms with Crippen molar-refractivity contribution in [1.29, 1.82) is 0 Å². The summed E-state index contributed by atoms with van der Waals surface area (Å²) in [4.78, 5) is 78.4. The number of benzene rings is 2. The van der Waals surface area contributed by atoms with Gasteiger partial charge in [0, 0.05) is 38.7 Å². The average Bonchev–Trinajstić information content (AvgIpc) is 3.86. The van der Waals surface area contributed by atoms with E-state index in [1.165, 1.54) is 16.2 Å². The van der Waals surface area contributed by atoms with Gasteiger partial charge in [-0.15, -0.1) is 11.3 Å². The molecule has 3 atom stereocenters. The maximum absolute atomic E-state index is 14.4. The highest BCUT2D eigenvalue weighted by molar-refractivity contribution is 7.11. The third-order valence-electron chi connectivity index (χ3n) is 9.63. The van der Waals surface area contributed by atoms with Crippen LogP contribution in [0.1, 0.15) is 73.2 Å². The summed E-state index contributed by atoms with van der Waals surface area (Å²) in [5.41, 5.74) is 4.01. The lowest BCUT2D eigenvalue weighted by Gasteiger charge is -2.44. The van der Waals surface area contributed by atoms with E-state index < -0.39 is 23.9 Å². The molecule has 0 bridgehead atoms. The van der Waals surface area contributed by atoms with E-state index in [1.54, 1.807) is 57.7 Å². The van der Waals surface area contributed by atoms with Crippen molar-refractivity contribution < 1.29 is 28.7 Å². The lowest BCUT2D eigenvalue weighted by atomic mass is 9.91. The van der Waals surface area contributed by atoms with E-state index in [1.807, 2.05) is 18.2 Å². The summed E-state index contributed by atoms with van der Waals surface area (Å²) in [6, 6.07) is 10.9. The molecule has 3 aromatic rings. The van der Waals surface area contributed by atoms with Gasteiger partial charge in [-0.2, -0.15) is 0 Å². The number of amides is 6. The smallest absolute Gasteiger partial charge is 0.321 e. The molecule has 47 heavy (non-hydrogen) atoms. The molecular weight excluding hydrogens is 620 g/mol. The number of fused-ring (bicyclic) bond motifs is 2. The fourth-order valence-corrected chi connectivity index (χ4v) is 7.85. The molecule has 2 saturated heterocycles. The van der Waals surface area contributed by atoms with Crippen LogP contribution in [0.4, 0.5) is 4.79 Å². The Labute approximate surface area is 276 Å². The fourth-order valence-electron chi connectivity index (χ4n) is 7.27. The molecule has 7 rings (SSSR count). The largest absolute Gasteiger partial charge is 0.488 e. The second-order valence-corrected chi connectivity index (χ2v) is 13.2. The number of rotatable bonds is 6. The van der Waals surface area contributed by atoms with Crippen LogP contribution in [-0.4, -0.2) is 106 Å². The first-order valence-electron chi connectivity index (χ1n) is 16.1. The Kier molecular flexibility index (Phi) is 8.39. The minimum Gasteiger partial charge on any atom is -0.488 e. The zero-order valence-corrected chi connectivity index (χ0v) is 26.9. The molecule has 244 valence electrons. The highest BCUT2D eigenvalue weighted by Crippen LogP contribution is 2.40. The standard InChI is InChI=1S/C34H36N6O6S/c1-35-30(41)25-10-4-5-14-38(25)34(45)39-16-12-21-7-6-11-27(46-22-13-15-37(18-22)33(44)28-17-36-20-47-28)29(21)26(39)19-40-31(42)23-8-2-3-9-24(23)32(40)43/h2-3,6-9,11,17,20,22,25-26H,4-5,10,12-16,18-19H2,1H3,(H,35,41)/t22-,25-,26?/m0/s1. The summed E-state index contributed by atoms with van der Waals surface area (Å²) < 4.78 is 6.62. The van der Waals surface area contributed by atoms with Crippen LogP contribution >= 0.6 is 11.3 Å². The highest BCUT2D eigenvalue weighted by atomic mass is 32.1. The van der Waals surface area contributed by atoms with Crippen LogP contribution in [0.5, 0.6) is 5.75 Å². The summed E-state index contributed by atoms with van der Waals surface area (Å²) in [6.07, 6.45) is 4.62. The van der Waals surface area contributed by atoms with Gasteiger partial charge in [0.2, 0.25) is 5.91 Å². The fraction of sp³-hybridized carbons (Fsp3) is 0.412. The molecule has 5 heterocycles. The van der Waals surface area contributed by atoms with Gasteiger partial charge in [0.25, 0.3) is 17.7 Å².